The Balaban J connectivity index is 2.07. The highest BCUT2D eigenvalue weighted by Gasteiger charge is 2.19. The van der Waals surface area contributed by atoms with Crippen LogP contribution in [-0.2, 0) is 0 Å². The maximum Gasteiger partial charge on any atom is 0.252 e. The van der Waals surface area contributed by atoms with Crippen molar-refractivity contribution in [2.45, 2.75) is 19.3 Å². The molecule has 1 aliphatic rings. The van der Waals surface area contributed by atoms with Crippen LogP contribution >= 0.6 is 23.2 Å². The second-order valence-electron chi connectivity index (χ2n) is 4.37. The molecule has 0 aromatic heterocycles. The highest BCUT2D eigenvalue weighted by molar-refractivity contribution is 6.44. The number of nitrogen functional groups attached to an aromatic ring is 1. The Morgan fingerprint density at radius 3 is 2.71 bits per heavy atom. The lowest BCUT2D eigenvalue weighted by Gasteiger charge is -2.25. The summed E-state index contributed by atoms with van der Waals surface area (Å²) in [6.45, 7) is 0.696. The fourth-order valence-corrected chi connectivity index (χ4v) is 2.23. The van der Waals surface area contributed by atoms with Gasteiger partial charge >= 0.3 is 0 Å². The van der Waals surface area contributed by atoms with Gasteiger partial charge in [-0.2, -0.15) is 0 Å². The van der Waals surface area contributed by atoms with Crippen LogP contribution in [0.1, 0.15) is 29.6 Å². The van der Waals surface area contributed by atoms with Crippen molar-refractivity contribution in [3.8, 4) is 0 Å². The summed E-state index contributed by atoms with van der Waals surface area (Å²) in [5, 5.41) is 3.42. The van der Waals surface area contributed by atoms with E-state index in [0.29, 0.717) is 28.7 Å². The Kier molecular flexibility index (Phi) is 3.79. The van der Waals surface area contributed by atoms with Crippen molar-refractivity contribution in [2.24, 2.45) is 5.92 Å². The molecule has 0 atom stereocenters. The van der Waals surface area contributed by atoms with Crippen LogP contribution in [0, 0.1) is 5.92 Å². The van der Waals surface area contributed by atoms with Gasteiger partial charge in [0.1, 0.15) is 0 Å². The number of nitrogens with two attached hydrogens (primary N) is 1. The van der Waals surface area contributed by atoms with Gasteiger partial charge in [0.05, 0.1) is 15.6 Å². The molecule has 0 aliphatic heterocycles. The SMILES string of the molecule is Nc1cc(Cl)c(Cl)c(C(=O)NCC2CCC2)c1. The van der Waals surface area contributed by atoms with Crippen LogP contribution in [-0.4, -0.2) is 12.5 Å². The smallest absolute Gasteiger partial charge is 0.252 e. The first-order valence-corrected chi connectivity index (χ1v) is 6.36. The van der Waals surface area contributed by atoms with Crippen molar-refractivity contribution in [3.05, 3.63) is 27.7 Å². The van der Waals surface area contributed by atoms with Crippen molar-refractivity contribution < 1.29 is 4.79 Å². The van der Waals surface area contributed by atoms with Crippen molar-refractivity contribution in [1.29, 1.82) is 0 Å². The summed E-state index contributed by atoms with van der Waals surface area (Å²) >= 11 is 11.8. The lowest BCUT2D eigenvalue weighted by Crippen LogP contribution is -2.32. The Morgan fingerprint density at radius 2 is 2.12 bits per heavy atom. The standard InChI is InChI=1S/C12H14Cl2N2O/c13-10-5-8(15)4-9(11(10)14)12(17)16-6-7-2-1-3-7/h4-5,7H,1-3,6,15H2,(H,16,17). The number of rotatable bonds is 3. The van der Waals surface area contributed by atoms with E-state index in [1.807, 2.05) is 0 Å². The van der Waals surface area contributed by atoms with Crippen molar-refractivity contribution >= 4 is 34.8 Å². The van der Waals surface area contributed by atoms with E-state index in [-0.39, 0.29) is 10.9 Å². The van der Waals surface area contributed by atoms with Gasteiger partial charge in [-0.1, -0.05) is 29.6 Å². The number of benzene rings is 1. The molecule has 1 saturated carbocycles. The maximum atomic E-state index is 11.9. The summed E-state index contributed by atoms with van der Waals surface area (Å²) < 4.78 is 0. The normalized spacial score (nSPS) is 15.4. The van der Waals surface area contributed by atoms with E-state index in [4.69, 9.17) is 28.9 Å². The summed E-state index contributed by atoms with van der Waals surface area (Å²) in [5.74, 6) is 0.394. The summed E-state index contributed by atoms with van der Waals surface area (Å²) in [6.07, 6.45) is 3.63. The van der Waals surface area contributed by atoms with Gasteiger partial charge in [0, 0.05) is 12.2 Å². The van der Waals surface area contributed by atoms with E-state index in [1.54, 1.807) is 6.07 Å². The number of hydrogen-bond donors (Lipinski definition) is 2. The average molecular weight is 273 g/mol. The number of nitrogens with one attached hydrogen (secondary N) is 1. The maximum absolute atomic E-state index is 11.9. The van der Waals surface area contributed by atoms with Gasteiger partial charge in [0.15, 0.2) is 0 Å². The Bertz CT molecular complexity index is 444. The highest BCUT2D eigenvalue weighted by Crippen LogP contribution is 2.29. The Hall–Kier alpha value is -0.930. The van der Waals surface area contributed by atoms with Crippen LogP contribution in [0.4, 0.5) is 5.69 Å². The molecule has 3 nitrogen and oxygen atoms in total. The van der Waals surface area contributed by atoms with Crippen LogP contribution in [0.2, 0.25) is 10.0 Å². The van der Waals surface area contributed by atoms with Gasteiger partial charge in [-0.15, -0.1) is 0 Å². The van der Waals surface area contributed by atoms with E-state index in [0.717, 1.165) is 0 Å². The second-order valence-corrected chi connectivity index (χ2v) is 5.16. The molecule has 0 spiro atoms. The number of halogens is 2. The van der Waals surface area contributed by atoms with Gasteiger partial charge in [0.25, 0.3) is 5.91 Å². The highest BCUT2D eigenvalue weighted by atomic mass is 35.5. The first-order valence-electron chi connectivity index (χ1n) is 5.60. The Morgan fingerprint density at radius 1 is 1.41 bits per heavy atom. The van der Waals surface area contributed by atoms with Crippen LogP contribution in [0.15, 0.2) is 12.1 Å². The third-order valence-electron chi connectivity index (χ3n) is 3.07. The third-order valence-corrected chi connectivity index (χ3v) is 3.87. The van der Waals surface area contributed by atoms with Crippen molar-refractivity contribution in [2.75, 3.05) is 12.3 Å². The lowest BCUT2D eigenvalue weighted by molar-refractivity contribution is 0.0939. The number of amides is 1. The first kappa shape index (κ1) is 12.5. The molecule has 5 heteroatoms. The summed E-state index contributed by atoms with van der Waals surface area (Å²) in [5.41, 5.74) is 6.42. The van der Waals surface area contributed by atoms with Crippen molar-refractivity contribution in [1.82, 2.24) is 5.32 Å². The fraction of sp³-hybridized carbons (Fsp3) is 0.417. The largest absolute Gasteiger partial charge is 0.399 e. The van der Waals surface area contributed by atoms with Crippen molar-refractivity contribution in [3.63, 3.8) is 0 Å². The lowest BCUT2D eigenvalue weighted by atomic mass is 9.85. The number of anilines is 1. The number of hydrogen-bond acceptors (Lipinski definition) is 2. The number of carbonyl (C=O) groups excluding carboxylic acids is 1. The van der Waals surface area contributed by atoms with Gasteiger partial charge in [-0.25, -0.2) is 0 Å². The molecule has 0 bridgehead atoms. The first-order chi connectivity index (χ1) is 8.08. The van der Waals surface area contributed by atoms with E-state index >= 15 is 0 Å². The van der Waals surface area contributed by atoms with Gasteiger partial charge < -0.3 is 11.1 Å². The summed E-state index contributed by atoms with van der Waals surface area (Å²) in [6, 6.07) is 3.08. The molecule has 1 fully saturated rings. The van der Waals surface area contributed by atoms with Crippen LogP contribution in [0.5, 0.6) is 0 Å². The van der Waals surface area contributed by atoms with Crippen LogP contribution in [0.3, 0.4) is 0 Å². The van der Waals surface area contributed by atoms with Crippen LogP contribution in [0.25, 0.3) is 0 Å². The zero-order valence-electron chi connectivity index (χ0n) is 9.30. The molecule has 1 aliphatic carbocycles. The minimum Gasteiger partial charge on any atom is -0.399 e. The third kappa shape index (κ3) is 2.85. The molecule has 0 radical (unpaired) electrons. The van der Waals surface area contributed by atoms with Gasteiger partial charge in [-0.05, 0) is 30.9 Å². The molecule has 2 rings (SSSR count). The van der Waals surface area contributed by atoms with Gasteiger partial charge in [-0.3, -0.25) is 4.79 Å². The topological polar surface area (TPSA) is 55.1 Å². The summed E-state index contributed by atoms with van der Waals surface area (Å²) in [7, 11) is 0. The second kappa shape index (κ2) is 5.15. The quantitative estimate of drug-likeness (QED) is 0.831. The predicted octanol–water partition coefficient (Wildman–Crippen LogP) is 3.11. The van der Waals surface area contributed by atoms with Gasteiger partial charge in [0.2, 0.25) is 0 Å². The fourth-order valence-electron chi connectivity index (χ4n) is 1.80. The number of carbonyl (C=O) groups is 1. The molecule has 1 amide bonds. The van der Waals surface area contributed by atoms with E-state index < -0.39 is 0 Å². The average Bonchev–Trinajstić information content (AvgIpc) is 2.20. The molecule has 0 saturated heterocycles. The van der Waals surface area contributed by atoms with E-state index in [2.05, 4.69) is 5.32 Å². The predicted molar refractivity (Wildman–Crippen MR) is 70.5 cm³/mol. The zero-order valence-corrected chi connectivity index (χ0v) is 10.8. The Labute approximate surface area is 110 Å². The molecule has 0 unspecified atom stereocenters. The molecule has 3 N–H and O–H groups in total. The molecule has 92 valence electrons. The van der Waals surface area contributed by atoms with E-state index in [9.17, 15) is 4.79 Å². The molecule has 0 heterocycles. The molecular formula is C12H14Cl2N2O. The zero-order chi connectivity index (χ0) is 12.4. The molecule has 1 aromatic rings. The minimum absolute atomic E-state index is 0.212. The molecule has 1 aromatic carbocycles. The van der Waals surface area contributed by atoms with E-state index in [1.165, 1.54) is 25.3 Å². The minimum atomic E-state index is -0.212. The molecular weight excluding hydrogens is 259 g/mol. The van der Waals surface area contributed by atoms with Crippen LogP contribution < -0.4 is 11.1 Å². The summed E-state index contributed by atoms with van der Waals surface area (Å²) in [4.78, 5) is 11.9. The molecule has 17 heavy (non-hydrogen) atoms. The monoisotopic (exact) mass is 272 g/mol.